The monoisotopic (exact) mass is 193 g/mol. The third kappa shape index (κ3) is 1.25. The molecule has 76 valence electrons. The van der Waals surface area contributed by atoms with Crippen LogP contribution in [0.4, 0.5) is 0 Å². The second kappa shape index (κ2) is 2.57. The van der Waals surface area contributed by atoms with E-state index in [4.69, 9.17) is 10.3 Å². The maximum Gasteiger partial charge on any atom is 0.246 e. The zero-order chi connectivity index (χ0) is 9.76. The summed E-state index contributed by atoms with van der Waals surface area (Å²) in [6, 6.07) is 0. The minimum Gasteiger partial charge on any atom is -0.337 e. The molecular weight excluding hydrogens is 178 g/mol. The van der Waals surface area contributed by atoms with Gasteiger partial charge in [0.05, 0.1) is 5.54 Å². The lowest BCUT2D eigenvalue weighted by Crippen LogP contribution is -2.35. The molecular formula is C10H15N3O. The Bertz CT molecular complexity index is 350. The smallest absolute Gasteiger partial charge is 0.246 e. The van der Waals surface area contributed by atoms with Gasteiger partial charge in [0.25, 0.3) is 0 Å². The van der Waals surface area contributed by atoms with Gasteiger partial charge in [-0.15, -0.1) is 0 Å². The van der Waals surface area contributed by atoms with Gasteiger partial charge in [-0.3, -0.25) is 0 Å². The third-order valence-corrected chi connectivity index (χ3v) is 3.27. The molecule has 14 heavy (non-hydrogen) atoms. The molecule has 0 amide bonds. The highest BCUT2D eigenvalue weighted by atomic mass is 16.5. The summed E-state index contributed by atoms with van der Waals surface area (Å²) in [5.41, 5.74) is 5.78. The van der Waals surface area contributed by atoms with Crippen molar-refractivity contribution in [1.82, 2.24) is 10.1 Å². The fraction of sp³-hybridized carbons (Fsp3) is 0.800. The van der Waals surface area contributed by atoms with Crippen LogP contribution in [-0.4, -0.2) is 10.1 Å². The molecule has 2 fully saturated rings. The van der Waals surface area contributed by atoms with E-state index in [2.05, 4.69) is 10.1 Å². The molecule has 1 aromatic rings. The Morgan fingerprint density at radius 3 is 2.64 bits per heavy atom. The zero-order valence-corrected chi connectivity index (χ0v) is 8.36. The Labute approximate surface area is 82.9 Å². The van der Waals surface area contributed by atoms with Crippen LogP contribution in [0.25, 0.3) is 0 Å². The molecule has 1 unspecified atom stereocenters. The van der Waals surface area contributed by atoms with E-state index >= 15 is 0 Å². The molecule has 4 heteroatoms. The first kappa shape index (κ1) is 8.41. The molecule has 0 aliphatic heterocycles. The number of aromatic nitrogens is 2. The number of rotatable bonds is 3. The molecule has 0 aromatic carbocycles. The Morgan fingerprint density at radius 2 is 2.07 bits per heavy atom. The third-order valence-electron chi connectivity index (χ3n) is 3.27. The summed E-state index contributed by atoms with van der Waals surface area (Å²) >= 11 is 0. The summed E-state index contributed by atoms with van der Waals surface area (Å²) in [4.78, 5) is 4.40. The molecule has 0 radical (unpaired) electrons. The summed E-state index contributed by atoms with van der Waals surface area (Å²) in [5.74, 6) is 2.57. The number of hydrogen-bond donors (Lipinski definition) is 1. The standard InChI is InChI=1S/C10H15N3O/c1-10(11,7-4-5-7)9-12-8(13-14-9)6-2-3-6/h6-7H,2-5,11H2,1H3. The van der Waals surface area contributed by atoms with Crippen LogP contribution in [0, 0.1) is 5.92 Å². The molecule has 1 atom stereocenters. The van der Waals surface area contributed by atoms with E-state index in [1.807, 2.05) is 6.92 Å². The van der Waals surface area contributed by atoms with Crippen molar-refractivity contribution < 1.29 is 4.52 Å². The fourth-order valence-corrected chi connectivity index (χ4v) is 1.82. The Balaban J connectivity index is 1.87. The van der Waals surface area contributed by atoms with Crippen molar-refractivity contribution in [3.05, 3.63) is 11.7 Å². The van der Waals surface area contributed by atoms with E-state index in [0.29, 0.717) is 17.7 Å². The van der Waals surface area contributed by atoms with Crippen LogP contribution < -0.4 is 5.73 Å². The van der Waals surface area contributed by atoms with Gasteiger partial charge >= 0.3 is 0 Å². The average molecular weight is 193 g/mol. The minimum absolute atomic E-state index is 0.403. The first-order chi connectivity index (χ1) is 6.68. The predicted molar refractivity (Wildman–Crippen MR) is 50.5 cm³/mol. The molecule has 1 heterocycles. The van der Waals surface area contributed by atoms with E-state index in [0.717, 1.165) is 5.82 Å². The summed E-state index contributed by atoms with van der Waals surface area (Å²) in [7, 11) is 0. The first-order valence-corrected chi connectivity index (χ1v) is 5.31. The Kier molecular flexibility index (Phi) is 1.54. The molecule has 2 aliphatic rings. The topological polar surface area (TPSA) is 64.9 Å². The van der Waals surface area contributed by atoms with Crippen molar-refractivity contribution in [3.63, 3.8) is 0 Å². The summed E-state index contributed by atoms with van der Waals surface area (Å²) in [6.45, 7) is 1.99. The van der Waals surface area contributed by atoms with Gasteiger partial charge in [0.1, 0.15) is 0 Å². The molecule has 3 rings (SSSR count). The Hall–Kier alpha value is -0.900. The summed E-state index contributed by atoms with van der Waals surface area (Å²) in [5, 5.41) is 3.99. The van der Waals surface area contributed by atoms with Gasteiger partial charge in [0.2, 0.25) is 5.89 Å². The van der Waals surface area contributed by atoms with Crippen LogP contribution in [0.15, 0.2) is 4.52 Å². The van der Waals surface area contributed by atoms with Crippen LogP contribution in [0.5, 0.6) is 0 Å². The van der Waals surface area contributed by atoms with Crippen LogP contribution >= 0.6 is 0 Å². The van der Waals surface area contributed by atoms with Crippen molar-refractivity contribution in [2.45, 2.75) is 44.1 Å². The lowest BCUT2D eigenvalue weighted by molar-refractivity contribution is 0.272. The molecule has 1 aromatic heterocycles. The minimum atomic E-state index is -0.403. The molecule has 2 N–H and O–H groups in total. The Morgan fingerprint density at radius 1 is 1.36 bits per heavy atom. The second-order valence-electron chi connectivity index (χ2n) is 4.79. The van der Waals surface area contributed by atoms with Crippen LogP contribution in [0.1, 0.15) is 50.2 Å². The fourth-order valence-electron chi connectivity index (χ4n) is 1.82. The van der Waals surface area contributed by atoms with Crippen molar-refractivity contribution in [3.8, 4) is 0 Å². The van der Waals surface area contributed by atoms with E-state index in [1.165, 1.54) is 25.7 Å². The number of hydrogen-bond acceptors (Lipinski definition) is 4. The van der Waals surface area contributed by atoms with Gasteiger partial charge in [-0.05, 0) is 38.5 Å². The quantitative estimate of drug-likeness (QED) is 0.790. The average Bonchev–Trinajstić information content (AvgIpc) is 3.02. The lowest BCUT2D eigenvalue weighted by atomic mass is 9.97. The van der Waals surface area contributed by atoms with E-state index in [1.54, 1.807) is 0 Å². The van der Waals surface area contributed by atoms with Crippen molar-refractivity contribution in [2.24, 2.45) is 11.7 Å². The van der Waals surface area contributed by atoms with Crippen molar-refractivity contribution in [1.29, 1.82) is 0 Å². The molecule has 2 saturated carbocycles. The highest BCUT2D eigenvalue weighted by molar-refractivity contribution is 5.10. The predicted octanol–water partition coefficient (Wildman–Crippen LogP) is 1.53. The maximum absolute atomic E-state index is 6.18. The number of nitrogens with zero attached hydrogens (tertiary/aromatic N) is 2. The van der Waals surface area contributed by atoms with Crippen LogP contribution in [0.2, 0.25) is 0 Å². The van der Waals surface area contributed by atoms with Gasteiger partial charge in [0, 0.05) is 5.92 Å². The van der Waals surface area contributed by atoms with Crippen LogP contribution in [-0.2, 0) is 5.54 Å². The van der Waals surface area contributed by atoms with Crippen molar-refractivity contribution in [2.75, 3.05) is 0 Å². The van der Waals surface area contributed by atoms with E-state index in [9.17, 15) is 0 Å². The zero-order valence-electron chi connectivity index (χ0n) is 8.36. The molecule has 4 nitrogen and oxygen atoms in total. The van der Waals surface area contributed by atoms with Gasteiger partial charge in [-0.1, -0.05) is 5.16 Å². The SMILES string of the molecule is CC(N)(c1nc(C2CC2)no1)C1CC1. The van der Waals surface area contributed by atoms with Crippen LogP contribution in [0.3, 0.4) is 0 Å². The molecule has 2 aliphatic carbocycles. The summed E-state index contributed by atoms with van der Waals surface area (Å²) < 4.78 is 5.25. The highest BCUT2D eigenvalue weighted by Gasteiger charge is 2.44. The normalized spacial score (nSPS) is 26.1. The van der Waals surface area contributed by atoms with Crippen molar-refractivity contribution >= 4 is 0 Å². The maximum atomic E-state index is 6.18. The first-order valence-electron chi connectivity index (χ1n) is 5.31. The largest absolute Gasteiger partial charge is 0.337 e. The van der Waals surface area contributed by atoms with E-state index in [-0.39, 0.29) is 0 Å². The van der Waals surface area contributed by atoms with Gasteiger partial charge < -0.3 is 10.3 Å². The molecule has 0 spiro atoms. The van der Waals surface area contributed by atoms with E-state index < -0.39 is 5.54 Å². The lowest BCUT2D eigenvalue weighted by Gasteiger charge is -2.18. The van der Waals surface area contributed by atoms with Gasteiger partial charge in [0.15, 0.2) is 5.82 Å². The number of nitrogens with two attached hydrogens (primary N) is 1. The van der Waals surface area contributed by atoms with Gasteiger partial charge in [-0.2, -0.15) is 4.98 Å². The highest BCUT2D eigenvalue weighted by Crippen LogP contribution is 2.44. The second-order valence-corrected chi connectivity index (χ2v) is 4.79. The van der Waals surface area contributed by atoms with Gasteiger partial charge in [-0.25, -0.2) is 0 Å². The molecule has 0 saturated heterocycles. The summed E-state index contributed by atoms with van der Waals surface area (Å²) in [6.07, 6.45) is 4.77. The molecule has 0 bridgehead atoms.